The molecule has 0 spiro atoms. The molecule has 0 heterocycles. The molecule has 2 aromatic rings. The van der Waals surface area contributed by atoms with Crippen LogP contribution in [-0.2, 0) is 9.47 Å². The minimum absolute atomic E-state index is 0.191. The summed E-state index contributed by atoms with van der Waals surface area (Å²) < 4.78 is 15.7. The summed E-state index contributed by atoms with van der Waals surface area (Å²) in [6, 6.07) is 17.7. The summed E-state index contributed by atoms with van der Waals surface area (Å²) in [5.41, 5.74) is 2.06. The first-order valence-corrected chi connectivity index (χ1v) is 7.23. The van der Waals surface area contributed by atoms with Gasteiger partial charge in [0, 0.05) is 7.11 Å². The normalized spacial score (nSPS) is 12.1. The van der Waals surface area contributed by atoms with Crippen LogP contribution in [0.5, 0.6) is 5.75 Å². The van der Waals surface area contributed by atoms with Crippen LogP contribution >= 0.6 is 11.6 Å². The lowest BCUT2D eigenvalue weighted by Gasteiger charge is -2.12. The highest BCUT2D eigenvalue weighted by Gasteiger charge is 2.10. The number of benzene rings is 2. The lowest BCUT2D eigenvalue weighted by Crippen LogP contribution is -2.07. The van der Waals surface area contributed by atoms with Crippen molar-refractivity contribution in [2.24, 2.45) is 0 Å². The van der Waals surface area contributed by atoms with Gasteiger partial charge in [0.15, 0.2) is 6.79 Å². The van der Waals surface area contributed by atoms with Crippen molar-refractivity contribution in [3.63, 3.8) is 0 Å². The van der Waals surface area contributed by atoms with Crippen molar-refractivity contribution in [2.45, 2.75) is 5.38 Å². The van der Waals surface area contributed by atoms with Crippen LogP contribution in [0.25, 0.3) is 0 Å². The Labute approximate surface area is 130 Å². The van der Waals surface area contributed by atoms with Crippen molar-refractivity contribution < 1.29 is 14.2 Å². The van der Waals surface area contributed by atoms with Crippen LogP contribution in [0.1, 0.15) is 16.5 Å². The topological polar surface area (TPSA) is 27.7 Å². The van der Waals surface area contributed by atoms with Crippen LogP contribution in [-0.4, -0.2) is 27.1 Å². The average molecular weight is 307 g/mol. The summed E-state index contributed by atoms with van der Waals surface area (Å²) in [7, 11) is 1.64. The molecule has 112 valence electrons. The summed E-state index contributed by atoms with van der Waals surface area (Å²) in [5.74, 6) is 0.742. The van der Waals surface area contributed by atoms with Gasteiger partial charge in [0.2, 0.25) is 0 Å². The molecule has 0 aliphatic heterocycles. The molecule has 1 unspecified atom stereocenters. The second-order valence-corrected chi connectivity index (χ2v) is 4.95. The Balaban J connectivity index is 1.94. The Morgan fingerprint density at radius 3 is 2.48 bits per heavy atom. The summed E-state index contributed by atoms with van der Waals surface area (Å²) in [5, 5.41) is -0.191. The molecule has 2 rings (SSSR count). The second kappa shape index (κ2) is 8.67. The van der Waals surface area contributed by atoms with Crippen molar-refractivity contribution in [1.29, 1.82) is 0 Å². The van der Waals surface area contributed by atoms with Gasteiger partial charge in [-0.2, -0.15) is 0 Å². The van der Waals surface area contributed by atoms with E-state index in [0.717, 1.165) is 16.9 Å². The van der Waals surface area contributed by atoms with E-state index >= 15 is 0 Å². The lowest BCUT2D eigenvalue weighted by molar-refractivity contribution is -0.00849. The maximum absolute atomic E-state index is 6.50. The molecule has 0 amide bonds. The van der Waals surface area contributed by atoms with Gasteiger partial charge in [0.25, 0.3) is 0 Å². The summed E-state index contributed by atoms with van der Waals surface area (Å²) in [6.45, 7) is 1.27. The number of alkyl halides is 1. The van der Waals surface area contributed by atoms with E-state index in [4.69, 9.17) is 25.8 Å². The summed E-state index contributed by atoms with van der Waals surface area (Å²) in [4.78, 5) is 0. The van der Waals surface area contributed by atoms with Gasteiger partial charge in [-0.05, 0) is 23.3 Å². The zero-order valence-corrected chi connectivity index (χ0v) is 12.8. The van der Waals surface area contributed by atoms with E-state index in [-0.39, 0.29) is 12.2 Å². The molecule has 0 aromatic heterocycles. The zero-order valence-electron chi connectivity index (χ0n) is 12.0. The van der Waals surface area contributed by atoms with Crippen LogP contribution in [0.2, 0.25) is 0 Å². The molecular weight excluding hydrogens is 288 g/mol. The van der Waals surface area contributed by atoms with Crippen LogP contribution in [0.3, 0.4) is 0 Å². The third-order valence-corrected chi connectivity index (χ3v) is 3.49. The van der Waals surface area contributed by atoms with Gasteiger partial charge in [0.1, 0.15) is 5.75 Å². The van der Waals surface area contributed by atoms with E-state index in [9.17, 15) is 0 Å². The van der Waals surface area contributed by atoms with Gasteiger partial charge in [-0.25, -0.2) is 0 Å². The van der Waals surface area contributed by atoms with Crippen LogP contribution in [0, 0.1) is 0 Å². The Kier molecular flexibility index (Phi) is 6.54. The minimum Gasteiger partial charge on any atom is -0.468 e. The first-order valence-electron chi connectivity index (χ1n) is 6.79. The highest BCUT2D eigenvalue weighted by Crippen LogP contribution is 2.30. The predicted molar refractivity (Wildman–Crippen MR) is 83.9 cm³/mol. The van der Waals surface area contributed by atoms with E-state index < -0.39 is 0 Å². The molecule has 0 bridgehead atoms. The average Bonchev–Trinajstić information content (AvgIpc) is 2.55. The molecule has 4 heteroatoms. The molecular formula is C17H19ClO3. The fourth-order valence-electron chi connectivity index (χ4n) is 1.89. The maximum atomic E-state index is 6.50. The molecule has 1 atom stereocenters. The highest BCUT2D eigenvalue weighted by molar-refractivity contribution is 6.22. The van der Waals surface area contributed by atoms with Gasteiger partial charge < -0.3 is 14.2 Å². The van der Waals surface area contributed by atoms with Crippen molar-refractivity contribution in [1.82, 2.24) is 0 Å². The molecule has 0 fully saturated rings. The van der Waals surface area contributed by atoms with Crippen molar-refractivity contribution in [3.8, 4) is 5.75 Å². The molecule has 2 aromatic carbocycles. The van der Waals surface area contributed by atoms with Gasteiger partial charge in [-0.1, -0.05) is 42.5 Å². The second-order valence-electron chi connectivity index (χ2n) is 4.51. The molecule has 0 saturated heterocycles. The third-order valence-electron chi connectivity index (χ3n) is 2.98. The van der Waals surface area contributed by atoms with Crippen molar-refractivity contribution in [3.05, 3.63) is 65.7 Å². The zero-order chi connectivity index (χ0) is 14.9. The van der Waals surface area contributed by atoms with E-state index in [1.807, 2.05) is 54.6 Å². The van der Waals surface area contributed by atoms with Gasteiger partial charge in [0.05, 0.1) is 18.6 Å². The Hall–Kier alpha value is -1.55. The van der Waals surface area contributed by atoms with Gasteiger partial charge in [-0.15, -0.1) is 11.6 Å². The Bertz CT molecular complexity index is 531. The summed E-state index contributed by atoms with van der Waals surface area (Å²) >= 11 is 6.50. The van der Waals surface area contributed by atoms with Crippen LogP contribution < -0.4 is 4.74 Å². The standard InChI is InChI=1S/C17H19ClO3/c1-19-10-11-20-13-21-16-9-5-8-15(12-16)17(18)14-6-3-2-4-7-14/h2-9,12,17H,10-11,13H2,1H3. The largest absolute Gasteiger partial charge is 0.468 e. The molecule has 0 radical (unpaired) electrons. The fraction of sp³-hybridized carbons (Fsp3) is 0.294. The van der Waals surface area contributed by atoms with Crippen LogP contribution in [0.4, 0.5) is 0 Å². The van der Waals surface area contributed by atoms with Crippen LogP contribution in [0.15, 0.2) is 54.6 Å². The third kappa shape index (κ3) is 5.05. The number of methoxy groups -OCH3 is 1. The van der Waals surface area contributed by atoms with Crippen molar-refractivity contribution >= 4 is 11.6 Å². The molecule has 0 N–H and O–H groups in total. The number of hydrogen-bond donors (Lipinski definition) is 0. The van der Waals surface area contributed by atoms with E-state index in [0.29, 0.717) is 13.2 Å². The first kappa shape index (κ1) is 15.8. The minimum atomic E-state index is -0.191. The van der Waals surface area contributed by atoms with Gasteiger partial charge >= 0.3 is 0 Å². The van der Waals surface area contributed by atoms with E-state index in [1.54, 1.807) is 7.11 Å². The molecule has 0 saturated carbocycles. The van der Waals surface area contributed by atoms with Gasteiger partial charge in [-0.3, -0.25) is 0 Å². The van der Waals surface area contributed by atoms with E-state index in [2.05, 4.69) is 0 Å². The molecule has 3 nitrogen and oxygen atoms in total. The monoisotopic (exact) mass is 306 g/mol. The first-order chi connectivity index (χ1) is 10.3. The maximum Gasteiger partial charge on any atom is 0.189 e. The fourth-order valence-corrected chi connectivity index (χ4v) is 2.17. The highest BCUT2D eigenvalue weighted by atomic mass is 35.5. The lowest BCUT2D eigenvalue weighted by atomic mass is 10.0. The molecule has 21 heavy (non-hydrogen) atoms. The predicted octanol–water partition coefficient (Wildman–Crippen LogP) is 4.01. The quantitative estimate of drug-likeness (QED) is 0.419. The number of halogens is 1. The molecule has 0 aliphatic carbocycles. The number of ether oxygens (including phenoxy) is 3. The molecule has 0 aliphatic rings. The number of hydrogen-bond acceptors (Lipinski definition) is 3. The van der Waals surface area contributed by atoms with Crippen molar-refractivity contribution in [2.75, 3.05) is 27.1 Å². The smallest absolute Gasteiger partial charge is 0.189 e. The Morgan fingerprint density at radius 2 is 1.71 bits per heavy atom. The Morgan fingerprint density at radius 1 is 0.952 bits per heavy atom. The number of rotatable bonds is 8. The van der Waals surface area contributed by atoms with E-state index in [1.165, 1.54) is 0 Å². The summed E-state index contributed by atoms with van der Waals surface area (Å²) in [6.07, 6.45) is 0. The SMILES string of the molecule is COCCOCOc1cccc(C(Cl)c2ccccc2)c1.